The number of hydrogen-bond donors (Lipinski definition) is 2. The third-order valence-electron chi connectivity index (χ3n) is 6.11. The van der Waals surface area contributed by atoms with E-state index in [1.165, 1.54) is 6.07 Å². The smallest absolute Gasteiger partial charge is 0.337 e. The Bertz CT molecular complexity index is 1490. The van der Waals surface area contributed by atoms with E-state index in [-0.39, 0.29) is 36.0 Å². The molecule has 10 heteroatoms. The van der Waals surface area contributed by atoms with E-state index in [2.05, 4.69) is 10.3 Å². The summed E-state index contributed by atoms with van der Waals surface area (Å²) in [5.74, 6) is -1.01. The van der Waals surface area contributed by atoms with Gasteiger partial charge in [-0.05, 0) is 54.1 Å². The maximum absolute atomic E-state index is 13.4. The number of anilines is 2. The van der Waals surface area contributed by atoms with Gasteiger partial charge < -0.3 is 29.4 Å². The van der Waals surface area contributed by atoms with Crippen molar-refractivity contribution in [2.45, 2.75) is 6.54 Å². The second kappa shape index (κ2) is 10.1. The Morgan fingerprint density at radius 1 is 1.11 bits per heavy atom. The summed E-state index contributed by atoms with van der Waals surface area (Å²) in [6.07, 6.45) is 0. The van der Waals surface area contributed by atoms with Gasteiger partial charge in [-0.25, -0.2) is 9.78 Å². The molecule has 0 atom stereocenters. The first kappa shape index (κ1) is 24.0. The first-order chi connectivity index (χ1) is 17.9. The first-order valence-electron chi connectivity index (χ1n) is 11.6. The quantitative estimate of drug-likeness (QED) is 0.399. The SMILES string of the molecule is COc1cccc(Cn2c(C(=O)Nc3ccc(N4CCOCC4=O)cc3)nc3c(C(=O)O)cccc32)c1. The highest BCUT2D eigenvalue weighted by Crippen LogP contribution is 2.25. The van der Waals surface area contributed by atoms with E-state index in [0.29, 0.717) is 35.8 Å². The van der Waals surface area contributed by atoms with Crippen molar-refractivity contribution in [2.75, 3.05) is 37.1 Å². The van der Waals surface area contributed by atoms with E-state index < -0.39 is 11.9 Å². The van der Waals surface area contributed by atoms with Gasteiger partial charge in [0, 0.05) is 24.5 Å². The third kappa shape index (κ3) is 4.87. The van der Waals surface area contributed by atoms with Crippen LogP contribution in [0.25, 0.3) is 11.0 Å². The monoisotopic (exact) mass is 500 g/mol. The second-order valence-corrected chi connectivity index (χ2v) is 8.45. The van der Waals surface area contributed by atoms with Crippen LogP contribution in [-0.4, -0.2) is 59.3 Å². The molecule has 5 rings (SSSR count). The molecule has 1 aliphatic heterocycles. The van der Waals surface area contributed by atoms with Crippen molar-refractivity contribution in [3.05, 3.63) is 83.7 Å². The van der Waals surface area contributed by atoms with Gasteiger partial charge in [0.2, 0.25) is 5.82 Å². The summed E-state index contributed by atoms with van der Waals surface area (Å²) in [4.78, 5) is 43.4. The minimum Gasteiger partial charge on any atom is -0.497 e. The summed E-state index contributed by atoms with van der Waals surface area (Å²) < 4.78 is 12.2. The number of hydrogen-bond acceptors (Lipinski definition) is 6. The number of aromatic carboxylic acids is 1. The van der Waals surface area contributed by atoms with Gasteiger partial charge in [0.15, 0.2) is 0 Å². The van der Waals surface area contributed by atoms with Gasteiger partial charge in [-0.15, -0.1) is 0 Å². The van der Waals surface area contributed by atoms with Crippen LogP contribution in [0, 0.1) is 0 Å². The largest absolute Gasteiger partial charge is 0.497 e. The number of rotatable bonds is 7. The van der Waals surface area contributed by atoms with Gasteiger partial charge >= 0.3 is 5.97 Å². The first-order valence-corrected chi connectivity index (χ1v) is 11.6. The molecule has 2 amide bonds. The van der Waals surface area contributed by atoms with Crippen molar-refractivity contribution in [1.82, 2.24) is 9.55 Å². The zero-order chi connectivity index (χ0) is 25.9. The highest BCUT2D eigenvalue weighted by Gasteiger charge is 2.23. The van der Waals surface area contributed by atoms with E-state index >= 15 is 0 Å². The number of carbonyl (C=O) groups is 3. The Balaban J connectivity index is 1.48. The van der Waals surface area contributed by atoms with Gasteiger partial charge in [-0.2, -0.15) is 0 Å². The van der Waals surface area contributed by atoms with Crippen LogP contribution >= 0.6 is 0 Å². The molecule has 0 aliphatic carbocycles. The zero-order valence-corrected chi connectivity index (χ0v) is 20.0. The van der Waals surface area contributed by atoms with E-state index in [4.69, 9.17) is 9.47 Å². The average Bonchev–Trinajstić information content (AvgIpc) is 3.28. The summed E-state index contributed by atoms with van der Waals surface area (Å²) in [6, 6.07) is 19.1. The molecule has 3 aromatic carbocycles. The number of methoxy groups -OCH3 is 1. The Morgan fingerprint density at radius 2 is 1.89 bits per heavy atom. The lowest BCUT2D eigenvalue weighted by molar-refractivity contribution is -0.125. The minimum atomic E-state index is -1.13. The van der Waals surface area contributed by atoms with Crippen molar-refractivity contribution >= 4 is 40.2 Å². The summed E-state index contributed by atoms with van der Waals surface area (Å²) in [6.45, 7) is 1.24. The van der Waals surface area contributed by atoms with Gasteiger partial charge in [0.25, 0.3) is 11.8 Å². The lowest BCUT2D eigenvalue weighted by atomic mass is 10.1. The van der Waals surface area contributed by atoms with Crippen molar-refractivity contribution < 1.29 is 29.0 Å². The van der Waals surface area contributed by atoms with Crippen LogP contribution in [0.2, 0.25) is 0 Å². The number of benzene rings is 3. The molecule has 37 heavy (non-hydrogen) atoms. The number of nitrogens with one attached hydrogen (secondary N) is 1. The van der Waals surface area contributed by atoms with Gasteiger partial charge in [-0.1, -0.05) is 18.2 Å². The van der Waals surface area contributed by atoms with E-state index in [1.807, 2.05) is 24.3 Å². The Morgan fingerprint density at radius 3 is 2.62 bits per heavy atom. The highest BCUT2D eigenvalue weighted by atomic mass is 16.5. The van der Waals surface area contributed by atoms with Crippen LogP contribution in [0.1, 0.15) is 26.5 Å². The van der Waals surface area contributed by atoms with E-state index in [9.17, 15) is 19.5 Å². The molecular weight excluding hydrogens is 476 g/mol. The number of para-hydroxylation sites is 1. The molecule has 0 bridgehead atoms. The standard InChI is InChI=1S/C27H24N4O6/c1-36-20-5-2-4-17(14-20)15-31-22-7-3-6-21(27(34)35)24(22)29-25(31)26(33)28-18-8-10-19(11-9-18)30-12-13-37-16-23(30)32/h2-11,14H,12-13,15-16H2,1H3,(H,28,33)(H,34,35). The molecule has 0 unspecified atom stereocenters. The molecule has 1 aromatic heterocycles. The average molecular weight is 501 g/mol. The number of carboxylic acids is 1. The predicted molar refractivity (Wildman–Crippen MR) is 136 cm³/mol. The van der Waals surface area contributed by atoms with Gasteiger partial charge in [0.05, 0.1) is 24.8 Å². The molecule has 0 radical (unpaired) electrons. The molecule has 2 heterocycles. The molecule has 10 nitrogen and oxygen atoms in total. The number of amides is 2. The van der Waals surface area contributed by atoms with Crippen LogP contribution in [0.4, 0.5) is 11.4 Å². The molecule has 1 aliphatic rings. The normalized spacial score (nSPS) is 13.5. The third-order valence-corrected chi connectivity index (χ3v) is 6.11. The van der Waals surface area contributed by atoms with Gasteiger partial charge in [0.1, 0.15) is 17.9 Å². The molecule has 0 spiro atoms. The molecule has 2 N–H and O–H groups in total. The molecular formula is C27H24N4O6. The van der Waals surface area contributed by atoms with Crippen LogP contribution in [-0.2, 0) is 16.1 Å². The summed E-state index contributed by atoms with van der Waals surface area (Å²) in [7, 11) is 1.57. The number of carboxylic acid groups (broad SMARTS) is 1. The number of ether oxygens (including phenoxy) is 2. The zero-order valence-electron chi connectivity index (χ0n) is 20.0. The number of fused-ring (bicyclic) bond motifs is 1. The van der Waals surface area contributed by atoms with E-state index in [1.54, 1.807) is 53.0 Å². The number of aromatic nitrogens is 2. The maximum atomic E-state index is 13.4. The number of imidazole rings is 1. The molecule has 1 saturated heterocycles. The topological polar surface area (TPSA) is 123 Å². The molecule has 4 aromatic rings. The van der Waals surface area contributed by atoms with Crippen LogP contribution in [0.15, 0.2) is 66.7 Å². The lowest BCUT2D eigenvalue weighted by Gasteiger charge is -2.26. The lowest BCUT2D eigenvalue weighted by Crippen LogP contribution is -2.41. The van der Waals surface area contributed by atoms with Crippen molar-refractivity contribution in [3.63, 3.8) is 0 Å². The number of nitrogens with zero attached hydrogens (tertiary/aromatic N) is 3. The summed E-state index contributed by atoms with van der Waals surface area (Å²) >= 11 is 0. The van der Waals surface area contributed by atoms with E-state index in [0.717, 1.165) is 5.56 Å². The fourth-order valence-electron chi connectivity index (χ4n) is 4.31. The van der Waals surface area contributed by atoms with Crippen molar-refractivity contribution in [2.24, 2.45) is 0 Å². The predicted octanol–water partition coefficient (Wildman–Crippen LogP) is 3.41. The summed E-state index contributed by atoms with van der Waals surface area (Å²) in [5.41, 5.74) is 2.83. The fourth-order valence-corrected chi connectivity index (χ4v) is 4.31. The maximum Gasteiger partial charge on any atom is 0.337 e. The van der Waals surface area contributed by atoms with Crippen molar-refractivity contribution in [3.8, 4) is 5.75 Å². The van der Waals surface area contributed by atoms with Gasteiger partial charge in [-0.3, -0.25) is 9.59 Å². The highest BCUT2D eigenvalue weighted by molar-refractivity contribution is 6.07. The molecule has 0 saturated carbocycles. The number of morpholine rings is 1. The summed E-state index contributed by atoms with van der Waals surface area (Å²) in [5, 5.41) is 12.5. The number of carbonyl (C=O) groups excluding carboxylic acids is 2. The second-order valence-electron chi connectivity index (χ2n) is 8.45. The Labute approximate surface area is 212 Å². The van der Waals surface area contributed by atoms with Crippen LogP contribution in [0.5, 0.6) is 5.75 Å². The van der Waals surface area contributed by atoms with Crippen LogP contribution < -0.4 is 15.0 Å². The molecule has 188 valence electrons. The Kier molecular flexibility index (Phi) is 6.57. The van der Waals surface area contributed by atoms with Crippen LogP contribution in [0.3, 0.4) is 0 Å². The fraction of sp³-hybridized carbons (Fsp3) is 0.185. The van der Waals surface area contributed by atoms with Crippen molar-refractivity contribution in [1.29, 1.82) is 0 Å². The molecule has 1 fully saturated rings. The minimum absolute atomic E-state index is 0.00970. The Hall–Kier alpha value is -4.70.